The van der Waals surface area contributed by atoms with Gasteiger partial charge in [-0.25, -0.2) is 4.98 Å². The monoisotopic (exact) mass is 370 g/mol. The second kappa shape index (κ2) is 6.20. The molecule has 0 aliphatic rings. The molecule has 1 heterocycles. The molecule has 1 aromatic heterocycles. The molecule has 3 nitrogen and oxygen atoms in total. The van der Waals surface area contributed by atoms with Gasteiger partial charge in [-0.05, 0) is 51.8 Å². The van der Waals surface area contributed by atoms with Crippen LogP contribution in [0.5, 0.6) is 5.75 Å². The Bertz CT molecular complexity index is 546. The molecule has 0 amide bonds. The predicted octanol–water partition coefficient (Wildman–Crippen LogP) is 4.23. The molecule has 1 aromatic carbocycles. The number of anilines is 1. The minimum Gasteiger partial charge on any atom is -0.488 e. The third kappa shape index (κ3) is 3.46. The van der Waals surface area contributed by atoms with Crippen LogP contribution in [-0.2, 0) is 6.61 Å². The first-order valence-corrected chi connectivity index (χ1v) is 6.98. The summed E-state index contributed by atoms with van der Waals surface area (Å²) >= 11 is 6.88. The number of halogens is 2. The number of pyridine rings is 1. The van der Waals surface area contributed by atoms with Crippen LogP contribution in [0, 0.1) is 0 Å². The van der Waals surface area contributed by atoms with Crippen LogP contribution in [-0.4, -0.2) is 12.0 Å². The van der Waals surface area contributed by atoms with Crippen LogP contribution in [0.25, 0.3) is 0 Å². The smallest absolute Gasteiger partial charge is 0.134 e. The van der Waals surface area contributed by atoms with E-state index in [0.29, 0.717) is 6.61 Å². The molecule has 0 aliphatic heterocycles. The zero-order valence-corrected chi connectivity index (χ0v) is 13.0. The van der Waals surface area contributed by atoms with Gasteiger partial charge in [0, 0.05) is 17.7 Å². The Balaban J connectivity index is 2.06. The molecule has 2 aromatic rings. The second-order valence-electron chi connectivity index (χ2n) is 3.66. The average molecular weight is 372 g/mol. The first-order valence-electron chi connectivity index (χ1n) is 5.39. The maximum Gasteiger partial charge on any atom is 0.134 e. The largest absolute Gasteiger partial charge is 0.488 e. The number of nitrogens with one attached hydrogen (secondary N) is 1. The van der Waals surface area contributed by atoms with Crippen LogP contribution in [0.2, 0.25) is 0 Å². The third-order valence-electron chi connectivity index (χ3n) is 2.37. The molecule has 1 N–H and O–H groups in total. The fourth-order valence-electron chi connectivity index (χ4n) is 1.45. The van der Waals surface area contributed by atoms with Gasteiger partial charge in [-0.3, -0.25) is 0 Å². The van der Waals surface area contributed by atoms with Crippen molar-refractivity contribution < 1.29 is 4.74 Å². The van der Waals surface area contributed by atoms with Gasteiger partial charge in [0.1, 0.15) is 18.2 Å². The van der Waals surface area contributed by atoms with Crippen LogP contribution in [0.1, 0.15) is 5.56 Å². The normalized spacial score (nSPS) is 10.2. The van der Waals surface area contributed by atoms with Crippen LogP contribution >= 0.6 is 31.9 Å². The summed E-state index contributed by atoms with van der Waals surface area (Å²) < 4.78 is 7.70. The van der Waals surface area contributed by atoms with E-state index in [1.807, 2.05) is 37.4 Å². The molecule has 18 heavy (non-hydrogen) atoms. The topological polar surface area (TPSA) is 34.1 Å². The molecule has 0 atom stereocenters. The SMILES string of the molecule is CNc1cc(COc2ccc(Br)cc2Br)ccn1. The quantitative estimate of drug-likeness (QED) is 0.873. The number of hydrogen-bond donors (Lipinski definition) is 1. The lowest BCUT2D eigenvalue weighted by Gasteiger charge is -2.09. The van der Waals surface area contributed by atoms with Crippen molar-refractivity contribution in [3.05, 3.63) is 51.0 Å². The summed E-state index contributed by atoms with van der Waals surface area (Å²) in [4.78, 5) is 4.16. The molecule has 0 saturated heterocycles. The number of rotatable bonds is 4. The average Bonchev–Trinajstić information content (AvgIpc) is 2.38. The summed E-state index contributed by atoms with van der Waals surface area (Å²) in [5.74, 6) is 1.66. The van der Waals surface area contributed by atoms with Gasteiger partial charge in [-0.1, -0.05) is 15.9 Å². The molecule has 0 radical (unpaired) electrons. The lowest BCUT2D eigenvalue weighted by Crippen LogP contribution is -1.98. The Morgan fingerprint density at radius 1 is 1.22 bits per heavy atom. The molecule has 0 bridgehead atoms. The van der Waals surface area contributed by atoms with Crippen molar-refractivity contribution in [2.24, 2.45) is 0 Å². The molecule has 0 aliphatic carbocycles. The summed E-state index contributed by atoms with van der Waals surface area (Å²) in [7, 11) is 1.85. The standard InChI is InChI=1S/C13H12Br2N2O/c1-16-13-6-9(4-5-17-13)8-18-12-3-2-10(14)7-11(12)15/h2-7H,8H2,1H3,(H,16,17). The van der Waals surface area contributed by atoms with Gasteiger partial charge in [0.2, 0.25) is 0 Å². The fourth-order valence-corrected chi connectivity index (χ4v) is 2.62. The first kappa shape index (κ1) is 13.4. The van der Waals surface area contributed by atoms with Crippen molar-refractivity contribution in [2.45, 2.75) is 6.61 Å². The Hall–Kier alpha value is -1.07. The van der Waals surface area contributed by atoms with Crippen molar-refractivity contribution in [2.75, 3.05) is 12.4 Å². The second-order valence-corrected chi connectivity index (χ2v) is 5.43. The lowest BCUT2D eigenvalue weighted by molar-refractivity contribution is 0.304. The van der Waals surface area contributed by atoms with E-state index in [9.17, 15) is 0 Å². The number of aromatic nitrogens is 1. The van der Waals surface area contributed by atoms with E-state index >= 15 is 0 Å². The van der Waals surface area contributed by atoms with Crippen molar-refractivity contribution >= 4 is 37.7 Å². The number of ether oxygens (including phenoxy) is 1. The molecule has 94 valence electrons. The van der Waals surface area contributed by atoms with E-state index in [2.05, 4.69) is 42.2 Å². The van der Waals surface area contributed by atoms with Crippen molar-refractivity contribution in [1.29, 1.82) is 0 Å². The van der Waals surface area contributed by atoms with Gasteiger partial charge in [0.05, 0.1) is 4.47 Å². The minimum absolute atomic E-state index is 0.511. The summed E-state index contributed by atoms with van der Waals surface area (Å²) in [5, 5.41) is 3.00. The highest BCUT2D eigenvalue weighted by Crippen LogP contribution is 2.28. The number of hydrogen-bond acceptors (Lipinski definition) is 3. The highest BCUT2D eigenvalue weighted by atomic mass is 79.9. The van der Waals surface area contributed by atoms with Crippen molar-refractivity contribution in [1.82, 2.24) is 4.98 Å². The van der Waals surface area contributed by atoms with Gasteiger partial charge in [0.25, 0.3) is 0 Å². The maximum atomic E-state index is 5.75. The zero-order chi connectivity index (χ0) is 13.0. The Morgan fingerprint density at radius 3 is 2.78 bits per heavy atom. The molecule has 0 spiro atoms. The summed E-state index contributed by atoms with van der Waals surface area (Å²) in [6.45, 7) is 0.511. The first-order chi connectivity index (χ1) is 8.69. The Morgan fingerprint density at radius 2 is 2.06 bits per heavy atom. The maximum absolute atomic E-state index is 5.75. The Kier molecular flexibility index (Phi) is 4.60. The third-order valence-corrected chi connectivity index (χ3v) is 3.48. The van der Waals surface area contributed by atoms with Gasteiger partial charge < -0.3 is 10.1 Å². The molecular weight excluding hydrogens is 360 g/mol. The molecule has 5 heteroatoms. The zero-order valence-electron chi connectivity index (χ0n) is 9.78. The van der Waals surface area contributed by atoms with Crippen LogP contribution in [0.15, 0.2) is 45.5 Å². The van der Waals surface area contributed by atoms with Gasteiger partial charge in [-0.15, -0.1) is 0 Å². The molecule has 0 unspecified atom stereocenters. The summed E-state index contributed by atoms with van der Waals surface area (Å²) in [6, 6.07) is 9.74. The van der Waals surface area contributed by atoms with Crippen LogP contribution < -0.4 is 10.1 Å². The van der Waals surface area contributed by atoms with E-state index in [4.69, 9.17) is 4.74 Å². The van der Waals surface area contributed by atoms with Gasteiger partial charge in [0.15, 0.2) is 0 Å². The lowest BCUT2D eigenvalue weighted by atomic mass is 10.3. The predicted molar refractivity (Wildman–Crippen MR) is 80.0 cm³/mol. The van der Waals surface area contributed by atoms with Gasteiger partial charge in [-0.2, -0.15) is 0 Å². The van der Waals surface area contributed by atoms with Crippen molar-refractivity contribution in [3.63, 3.8) is 0 Å². The number of benzene rings is 1. The highest BCUT2D eigenvalue weighted by Gasteiger charge is 2.03. The fraction of sp³-hybridized carbons (Fsp3) is 0.154. The van der Waals surface area contributed by atoms with Crippen LogP contribution in [0.4, 0.5) is 5.82 Å². The van der Waals surface area contributed by atoms with E-state index in [-0.39, 0.29) is 0 Å². The van der Waals surface area contributed by atoms with E-state index in [0.717, 1.165) is 26.1 Å². The van der Waals surface area contributed by atoms with E-state index < -0.39 is 0 Å². The number of nitrogens with zero attached hydrogens (tertiary/aromatic N) is 1. The van der Waals surface area contributed by atoms with Gasteiger partial charge >= 0.3 is 0 Å². The molecule has 0 fully saturated rings. The van der Waals surface area contributed by atoms with Crippen LogP contribution in [0.3, 0.4) is 0 Å². The minimum atomic E-state index is 0.511. The highest BCUT2D eigenvalue weighted by molar-refractivity contribution is 9.11. The molecule has 0 saturated carbocycles. The molecular formula is C13H12Br2N2O. The van der Waals surface area contributed by atoms with Crippen molar-refractivity contribution in [3.8, 4) is 5.75 Å². The van der Waals surface area contributed by atoms with E-state index in [1.54, 1.807) is 6.20 Å². The molecule has 2 rings (SSSR count). The van der Waals surface area contributed by atoms with E-state index in [1.165, 1.54) is 0 Å². The summed E-state index contributed by atoms with van der Waals surface area (Å²) in [5.41, 5.74) is 1.07. The summed E-state index contributed by atoms with van der Waals surface area (Å²) in [6.07, 6.45) is 1.77. The Labute approximate surface area is 123 Å².